The second kappa shape index (κ2) is 7.77. The highest BCUT2D eigenvalue weighted by Crippen LogP contribution is 2.32. The molecule has 126 valence electrons. The van der Waals surface area contributed by atoms with Crippen molar-refractivity contribution in [2.24, 2.45) is 11.8 Å². The van der Waals surface area contributed by atoms with E-state index in [1.54, 1.807) is 0 Å². The van der Waals surface area contributed by atoms with Gasteiger partial charge in [0.2, 0.25) is 0 Å². The molecular formula is C18H25FN2O2. The van der Waals surface area contributed by atoms with Gasteiger partial charge in [-0.1, -0.05) is 30.3 Å². The molecule has 0 saturated carbocycles. The molecule has 2 aliphatic rings. The number of amides is 1. The molecule has 0 aliphatic carbocycles. The van der Waals surface area contributed by atoms with E-state index < -0.39 is 12.3 Å². The summed E-state index contributed by atoms with van der Waals surface area (Å²) in [6, 6.07) is 9.56. The molecule has 0 spiro atoms. The minimum absolute atomic E-state index is 0.0928. The molecule has 0 aromatic heterocycles. The zero-order valence-corrected chi connectivity index (χ0v) is 13.4. The lowest BCUT2D eigenvalue weighted by atomic mass is 9.78. The van der Waals surface area contributed by atoms with Gasteiger partial charge >= 0.3 is 6.09 Å². The molecular weight excluding hydrogens is 295 g/mol. The van der Waals surface area contributed by atoms with Gasteiger partial charge < -0.3 is 15.0 Å². The zero-order valence-electron chi connectivity index (χ0n) is 13.4. The highest BCUT2D eigenvalue weighted by atomic mass is 19.1. The first-order valence-corrected chi connectivity index (χ1v) is 8.54. The third kappa shape index (κ3) is 4.22. The van der Waals surface area contributed by atoms with Crippen molar-refractivity contribution in [1.82, 2.24) is 10.2 Å². The van der Waals surface area contributed by atoms with Gasteiger partial charge in [0.1, 0.15) is 12.8 Å². The van der Waals surface area contributed by atoms with Crippen molar-refractivity contribution >= 4 is 6.09 Å². The number of nitrogens with zero attached hydrogens (tertiary/aromatic N) is 1. The van der Waals surface area contributed by atoms with E-state index in [1.807, 2.05) is 30.3 Å². The lowest BCUT2D eigenvalue weighted by molar-refractivity contribution is 0.0294. The number of carbonyl (C=O) groups excluding carboxylic acids is 1. The minimum Gasteiger partial charge on any atom is -0.445 e. The maximum absolute atomic E-state index is 14.5. The van der Waals surface area contributed by atoms with E-state index in [-0.39, 0.29) is 19.1 Å². The van der Waals surface area contributed by atoms with Crippen LogP contribution in [0.4, 0.5) is 9.18 Å². The average molecular weight is 320 g/mol. The van der Waals surface area contributed by atoms with Gasteiger partial charge in [0.25, 0.3) is 0 Å². The van der Waals surface area contributed by atoms with Gasteiger partial charge in [-0.05, 0) is 49.8 Å². The molecule has 2 heterocycles. The molecule has 0 radical (unpaired) electrons. The van der Waals surface area contributed by atoms with E-state index >= 15 is 0 Å². The first kappa shape index (κ1) is 16.2. The number of rotatable bonds is 3. The number of halogens is 1. The molecule has 2 atom stereocenters. The van der Waals surface area contributed by atoms with Crippen molar-refractivity contribution in [3.05, 3.63) is 35.9 Å². The summed E-state index contributed by atoms with van der Waals surface area (Å²) >= 11 is 0. The summed E-state index contributed by atoms with van der Waals surface area (Å²) < 4.78 is 19.8. The Morgan fingerprint density at radius 1 is 1.22 bits per heavy atom. The third-order valence-corrected chi connectivity index (χ3v) is 5.04. The van der Waals surface area contributed by atoms with Crippen LogP contribution in [-0.4, -0.2) is 43.3 Å². The molecule has 4 nitrogen and oxygen atoms in total. The van der Waals surface area contributed by atoms with Crippen LogP contribution in [0.15, 0.2) is 30.3 Å². The standard InChI is InChI=1S/C18H25FN2O2/c19-17-12-21(11-8-16(17)15-6-9-20-10-7-15)18(22)23-13-14-4-2-1-3-5-14/h1-5,15-17,20H,6-13H2. The number of hydrogen-bond acceptors (Lipinski definition) is 3. The molecule has 5 heteroatoms. The number of carbonyl (C=O) groups is 1. The summed E-state index contributed by atoms with van der Waals surface area (Å²) in [6.07, 6.45) is 1.50. The van der Waals surface area contributed by atoms with Crippen LogP contribution in [0.1, 0.15) is 24.8 Å². The smallest absolute Gasteiger partial charge is 0.410 e. The summed E-state index contributed by atoms with van der Waals surface area (Å²) in [6.45, 7) is 2.98. The Kier molecular flexibility index (Phi) is 5.49. The van der Waals surface area contributed by atoms with E-state index in [4.69, 9.17) is 4.74 Å². The number of likely N-dealkylation sites (tertiary alicyclic amines) is 1. The van der Waals surface area contributed by atoms with E-state index in [1.165, 1.54) is 4.90 Å². The second-order valence-corrected chi connectivity index (χ2v) is 6.54. The van der Waals surface area contributed by atoms with E-state index in [2.05, 4.69) is 5.32 Å². The molecule has 2 unspecified atom stereocenters. The van der Waals surface area contributed by atoms with Crippen LogP contribution in [0.2, 0.25) is 0 Å². The molecule has 2 aliphatic heterocycles. The Hall–Kier alpha value is -1.62. The van der Waals surface area contributed by atoms with Crippen molar-refractivity contribution in [2.45, 2.75) is 32.0 Å². The predicted octanol–water partition coefficient (Wildman–Crippen LogP) is 2.98. The lowest BCUT2D eigenvalue weighted by Crippen LogP contribution is -2.48. The summed E-state index contributed by atoms with van der Waals surface area (Å²) in [5.41, 5.74) is 0.947. The maximum Gasteiger partial charge on any atom is 0.410 e. The van der Waals surface area contributed by atoms with Gasteiger partial charge in [-0.25, -0.2) is 9.18 Å². The Morgan fingerprint density at radius 2 is 1.96 bits per heavy atom. The average Bonchev–Trinajstić information content (AvgIpc) is 2.61. The molecule has 2 saturated heterocycles. The van der Waals surface area contributed by atoms with Crippen LogP contribution in [-0.2, 0) is 11.3 Å². The Bertz CT molecular complexity index is 505. The van der Waals surface area contributed by atoms with Crippen molar-refractivity contribution in [2.75, 3.05) is 26.2 Å². The predicted molar refractivity (Wildman–Crippen MR) is 86.8 cm³/mol. The molecule has 1 amide bonds. The van der Waals surface area contributed by atoms with Gasteiger partial charge in [-0.2, -0.15) is 0 Å². The minimum atomic E-state index is -0.934. The second-order valence-electron chi connectivity index (χ2n) is 6.54. The number of ether oxygens (including phenoxy) is 1. The molecule has 2 fully saturated rings. The summed E-state index contributed by atoms with van der Waals surface area (Å²) in [7, 11) is 0. The topological polar surface area (TPSA) is 41.6 Å². The Morgan fingerprint density at radius 3 is 2.65 bits per heavy atom. The van der Waals surface area contributed by atoms with Crippen molar-refractivity contribution in [1.29, 1.82) is 0 Å². The highest BCUT2D eigenvalue weighted by molar-refractivity contribution is 5.67. The normalized spacial score (nSPS) is 26.0. The van der Waals surface area contributed by atoms with Crippen molar-refractivity contribution < 1.29 is 13.9 Å². The largest absolute Gasteiger partial charge is 0.445 e. The Labute approximate surface area is 137 Å². The van der Waals surface area contributed by atoms with E-state index in [9.17, 15) is 9.18 Å². The van der Waals surface area contributed by atoms with Gasteiger partial charge in [0.05, 0.1) is 6.54 Å². The van der Waals surface area contributed by atoms with E-state index in [0.29, 0.717) is 12.5 Å². The number of benzene rings is 1. The van der Waals surface area contributed by atoms with E-state index in [0.717, 1.165) is 37.9 Å². The first-order valence-electron chi connectivity index (χ1n) is 8.54. The van der Waals surface area contributed by atoms with Crippen molar-refractivity contribution in [3.8, 4) is 0 Å². The van der Waals surface area contributed by atoms with Crippen LogP contribution < -0.4 is 5.32 Å². The zero-order chi connectivity index (χ0) is 16.1. The van der Waals surface area contributed by atoms with Gasteiger partial charge in [-0.15, -0.1) is 0 Å². The summed E-state index contributed by atoms with van der Waals surface area (Å²) in [5.74, 6) is 0.545. The quantitative estimate of drug-likeness (QED) is 0.931. The van der Waals surface area contributed by atoms with Crippen LogP contribution in [0.25, 0.3) is 0 Å². The van der Waals surface area contributed by atoms with Crippen LogP contribution in [0.3, 0.4) is 0 Å². The molecule has 1 aromatic carbocycles. The maximum atomic E-state index is 14.5. The summed E-state index contributed by atoms with van der Waals surface area (Å²) in [5, 5.41) is 3.32. The summed E-state index contributed by atoms with van der Waals surface area (Å²) in [4.78, 5) is 13.6. The molecule has 1 N–H and O–H groups in total. The molecule has 1 aromatic rings. The highest BCUT2D eigenvalue weighted by Gasteiger charge is 2.37. The molecule has 0 bridgehead atoms. The molecule has 23 heavy (non-hydrogen) atoms. The number of piperidine rings is 2. The number of alkyl halides is 1. The third-order valence-electron chi connectivity index (χ3n) is 5.04. The van der Waals surface area contributed by atoms with Gasteiger partial charge in [0, 0.05) is 6.54 Å². The molecule has 3 rings (SSSR count). The SMILES string of the molecule is O=C(OCc1ccccc1)N1CCC(C2CCNCC2)C(F)C1. The number of nitrogens with one attached hydrogen (secondary N) is 1. The monoisotopic (exact) mass is 320 g/mol. The first-order chi connectivity index (χ1) is 11.2. The van der Waals surface area contributed by atoms with Crippen LogP contribution >= 0.6 is 0 Å². The van der Waals surface area contributed by atoms with Crippen molar-refractivity contribution in [3.63, 3.8) is 0 Å². The lowest BCUT2D eigenvalue weighted by Gasteiger charge is -2.39. The van der Waals surface area contributed by atoms with Gasteiger partial charge in [-0.3, -0.25) is 0 Å². The van der Waals surface area contributed by atoms with Crippen LogP contribution in [0.5, 0.6) is 0 Å². The number of hydrogen-bond donors (Lipinski definition) is 1. The fraction of sp³-hybridized carbons (Fsp3) is 0.611. The Balaban J connectivity index is 1.47. The van der Waals surface area contributed by atoms with Crippen LogP contribution in [0, 0.1) is 11.8 Å². The van der Waals surface area contributed by atoms with Gasteiger partial charge in [0.15, 0.2) is 0 Å². The fourth-order valence-electron chi connectivity index (χ4n) is 3.70. The fourth-order valence-corrected chi connectivity index (χ4v) is 3.70.